The molecular weight excluding hydrogens is 274 g/mol. The van der Waals surface area contributed by atoms with Crippen LogP contribution in [0.5, 0.6) is 0 Å². The average Bonchev–Trinajstić information content (AvgIpc) is 3.19. The molecule has 0 bridgehead atoms. The highest BCUT2D eigenvalue weighted by molar-refractivity contribution is 6.30. The van der Waals surface area contributed by atoms with Crippen LogP contribution >= 0.6 is 11.6 Å². The van der Waals surface area contributed by atoms with Crippen molar-refractivity contribution in [2.75, 3.05) is 6.61 Å². The van der Waals surface area contributed by atoms with Crippen molar-refractivity contribution in [3.05, 3.63) is 34.9 Å². The van der Waals surface area contributed by atoms with Crippen molar-refractivity contribution in [3.63, 3.8) is 0 Å². The Balaban J connectivity index is 1.90. The predicted molar refractivity (Wildman–Crippen MR) is 80.8 cm³/mol. The molecule has 1 amide bonds. The van der Waals surface area contributed by atoms with Gasteiger partial charge in [-0.1, -0.05) is 37.6 Å². The van der Waals surface area contributed by atoms with E-state index in [1.54, 1.807) is 0 Å². The van der Waals surface area contributed by atoms with E-state index in [9.17, 15) is 4.79 Å². The summed E-state index contributed by atoms with van der Waals surface area (Å²) in [6.45, 7) is 4.22. The maximum absolute atomic E-state index is 12.2. The molecule has 3 unspecified atom stereocenters. The number of hydrogen-bond donors (Lipinski definition) is 2. The molecule has 0 aromatic heterocycles. The number of aliphatic hydroxyl groups excluding tert-OH is 1. The molecule has 3 atom stereocenters. The Kier molecular flexibility index (Phi) is 5.06. The molecule has 110 valence electrons. The largest absolute Gasteiger partial charge is 0.396 e. The van der Waals surface area contributed by atoms with Gasteiger partial charge in [0, 0.05) is 23.6 Å². The minimum Gasteiger partial charge on any atom is -0.396 e. The van der Waals surface area contributed by atoms with Crippen LogP contribution in [0.3, 0.4) is 0 Å². The van der Waals surface area contributed by atoms with Gasteiger partial charge < -0.3 is 10.4 Å². The maximum atomic E-state index is 12.2. The van der Waals surface area contributed by atoms with E-state index in [1.165, 1.54) is 5.56 Å². The Morgan fingerprint density at radius 2 is 2.05 bits per heavy atom. The van der Waals surface area contributed by atoms with E-state index in [1.807, 2.05) is 24.3 Å². The molecule has 3 nitrogen and oxygen atoms in total. The van der Waals surface area contributed by atoms with Crippen molar-refractivity contribution in [2.24, 2.45) is 11.8 Å². The van der Waals surface area contributed by atoms with Gasteiger partial charge in [0.1, 0.15) is 0 Å². The Morgan fingerprint density at radius 3 is 2.60 bits per heavy atom. The molecule has 1 aliphatic rings. The maximum Gasteiger partial charge on any atom is 0.223 e. The standard InChI is InChI=1S/C16H22ClNO2/c1-10(2)15(7-8-19)18-16(20)14-9-13(14)11-3-5-12(17)6-4-11/h3-6,10,13-15,19H,7-9H2,1-2H3,(H,18,20). The molecule has 1 fully saturated rings. The fourth-order valence-electron chi connectivity index (χ4n) is 2.56. The molecular formula is C16H22ClNO2. The SMILES string of the molecule is CC(C)C(CCO)NC(=O)C1CC1c1ccc(Cl)cc1. The summed E-state index contributed by atoms with van der Waals surface area (Å²) in [5, 5.41) is 12.8. The highest BCUT2D eigenvalue weighted by Gasteiger charge is 2.44. The second-order valence-corrected chi connectivity index (χ2v) is 6.31. The highest BCUT2D eigenvalue weighted by atomic mass is 35.5. The molecule has 0 heterocycles. The lowest BCUT2D eigenvalue weighted by molar-refractivity contribution is -0.123. The number of carbonyl (C=O) groups is 1. The lowest BCUT2D eigenvalue weighted by Crippen LogP contribution is -2.40. The summed E-state index contributed by atoms with van der Waals surface area (Å²) in [4.78, 5) is 12.2. The second kappa shape index (κ2) is 6.59. The summed E-state index contributed by atoms with van der Waals surface area (Å²) in [5.74, 6) is 0.821. The van der Waals surface area contributed by atoms with Crippen molar-refractivity contribution >= 4 is 17.5 Å². The number of benzene rings is 1. The van der Waals surface area contributed by atoms with Gasteiger partial charge in [-0.25, -0.2) is 0 Å². The first-order valence-electron chi connectivity index (χ1n) is 7.19. The number of nitrogens with one attached hydrogen (secondary N) is 1. The fourth-order valence-corrected chi connectivity index (χ4v) is 2.69. The van der Waals surface area contributed by atoms with Crippen molar-refractivity contribution in [2.45, 2.75) is 38.6 Å². The van der Waals surface area contributed by atoms with Gasteiger partial charge >= 0.3 is 0 Å². The van der Waals surface area contributed by atoms with Gasteiger partial charge in [-0.3, -0.25) is 4.79 Å². The van der Waals surface area contributed by atoms with Gasteiger partial charge in [0.05, 0.1) is 0 Å². The molecule has 4 heteroatoms. The number of rotatable bonds is 6. The number of carbonyl (C=O) groups excluding carboxylic acids is 1. The molecule has 1 aromatic rings. The second-order valence-electron chi connectivity index (χ2n) is 5.87. The zero-order valence-electron chi connectivity index (χ0n) is 12.0. The smallest absolute Gasteiger partial charge is 0.223 e. The van der Waals surface area contributed by atoms with Gasteiger partial charge in [0.25, 0.3) is 0 Å². The predicted octanol–water partition coefficient (Wildman–Crippen LogP) is 2.97. The van der Waals surface area contributed by atoms with Gasteiger partial charge in [-0.15, -0.1) is 0 Å². The van der Waals surface area contributed by atoms with Crippen LogP contribution in [-0.2, 0) is 4.79 Å². The van der Waals surface area contributed by atoms with Gasteiger partial charge in [-0.2, -0.15) is 0 Å². The molecule has 0 aliphatic heterocycles. The third-order valence-electron chi connectivity index (χ3n) is 4.00. The molecule has 2 rings (SSSR count). The molecule has 0 radical (unpaired) electrons. The Labute approximate surface area is 125 Å². The van der Waals surface area contributed by atoms with Gasteiger partial charge in [0.2, 0.25) is 5.91 Å². The van der Waals surface area contributed by atoms with Crippen LogP contribution in [0.15, 0.2) is 24.3 Å². The van der Waals surface area contributed by atoms with Crippen LogP contribution in [-0.4, -0.2) is 23.7 Å². The van der Waals surface area contributed by atoms with E-state index in [2.05, 4.69) is 19.2 Å². The third kappa shape index (κ3) is 3.74. The highest BCUT2D eigenvalue weighted by Crippen LogP contribution is 2.47. The first kappa shape index (κ1) is 15.3. The third-order valence-corrected chi connectivity index (χ3v) is 4.25. The van der Waals surface area contributed by atoms with Crippen molar-refractivity contribution < 1.29 is 9.90 Å². The molecule has 2 N–H and O–H groups in total. The van der Waals surface area contributed by atoms with Gasteiger partial charge in [0.15, 0.2) is 0 Å². The minimum atomic E-state index is 0.0546. The van der Waals surface area contributed by atoms with E-state index in [0.29, 0.717) is 18.3 Å². The quantitative estimate of drug-likeness (QED) is 0.848. The monoisotopic (exact) mass is 295 g/mol. The zero-order valence-corrected chi connectivity index (χ0v) is 12.7. The molecule has 1 saturated carbocycles. The van der Waals surface area contributed by atoms with E-state index < -0.39 is 0 Å². The summed E-state index contributed by atoms with van der Waals surface area (Å²) in [6, 6.07) is 7.78. The lowest BCUT2D eigenvalue weighted by atomic mass is 10.0. The summed E-state index contributed by atoms with van der Waals surface area (Å²) < 4.78 is 0. The zero-order chi connectivity index (χ0) is 14.7. The number of aliphatic hydroxyl groups is 1. The summed E-state index contributed by atoms with van der Waals surface area (Å²) in [6.07, 6.45) is 1.51. The van der Waals surface area contributed by atoms with Crippen LogP contribution in [0.1, 0.15) is 38.2 Å². The number of hydrogen-bond acceptors (Lipinski definition) is 2. The summed E-state index contributed by atoms with van der Waals surface area (Å²) in [7, 11) is 0. The van der Waals surface area contributed by atoms with Crippen molar-refractivity contribution in [1.82, 2.24) is 5.32 Å². The molecule has 0 spiro atoms. The van der Waals surface area contributed by atoms with Gasteiger partial charge in [-0.05, 0) is 42.4 Å². The van der Waals surface area contributed by atoms with Crippen molar-refractivity contribution in [3.8, 4) is 0 Å². The van der Waals surface area contributed by atoms with E-state index in [0.717, 1.165) is 11.4 Å². The lowest BCUT2D eigenvalue weighted by Gasteiger charge is -2.21. The Hall–Kier alpha value is -1.06. The van der Waals surface area contributed by atoms with Crippen molar-refractivity contribution in [1.29, 1.82) is 0 Å². The molecule has 0 saturated heterocycles. The van der Waals surface area contributed by atoms with Crippen LogP contribution in [0.4, 0.5) is 0 Å². The minimum absolute atomic E-state index is 0.0546. The number of halogens is 1. The molecule has 1 aliphatic carbocycles. The van der Waals surface area contributed by atoms with E-state index >= 15 is 0 Å². The Bertz CT molecular complexity index is 458. The number of amides is 1. The van der Waals surface area contributed by atoms with E-state index in [-0.39, 0.29) is 24.5 Å². The summed E-state index contributed by atoms with van der Waals surface area (Å²) in [5.41, 5.74) is 1.18. The molecule has 20 heavy (non-hydrogen) atoms. The summed E-state index contributed by atoms with van der Waals surface area (Å²) >= 11 is 5.87. The Morgan fingerprint density at radius 1 is 1.40 bits per heavy atom. The fraction of sp³-hybridized carbons (Fsp3) is 0.562. The first-order valence-corrected chi connectivity index (χ1v) is 7.57. The van der Waals surface area contributed by atoms with Crippen LogP contribution < -0.4 is 5.32 Å². The average molecular weight is 296 g/mol. The van der Waals surface area contributed by atoms with Crippen LogP contribution in [0.2, 0.25) is 5.02 Å². The topological polar surface area (TPSA) is 49.3 Å². The van der Waals surface area contributed by atoms with Crippen LogP contribution in [0.25, 0.3) is 0 Å². The first-order chi connectivity index (χ1) is 9.52. The molecule has 1 aromatic carbocycles. The normalized spacial score (nSPS) is 22.6. The van der Waals surface area contributed by atoms with Crippen LogP contribution in [0, 0.1) is 11.8 Å². The van der Waals surface area contributed by atoms with E-state index in [4.69, 9.17) is 16.7 Å².